The lowest BCUT2D eigenvalue weighted by Crippen LogP contribution is -2.47. The molecule has 1 saturated heterocycles. The Labute approximate surface area is 174 Å². The second-order valence-electron chi connectivity index (χ2n) is 7.16. The van der Waals surface area contributed by atoms with Gasteiger partial charge in [0.15, 0.2) is 0 Å². The summed E-state index contributed by atoms with van der Waals surface area (Å²) in [6, 6.07) is 13.3. The average Bonchev–Trinajstić information content (AvgIpc) is 2.74. The van der Waals surface area contributed by atoms with Gasteiger partial charge in [0.05, 0.1) is 16.8 Å². The van der Waals surface area contributed by atoms with E-state index in [1.807, 2.05) is 28.9 Å². The van der Waals surface area contributed by atoms with Crippen LogP contribution in [0.25, 0.3) is 0 Å². The zero-order valence-electron chi connectivity index (χ0n) is 16.5. The van der Waals surface area contributed by atoms with Gasteiger partial charge in [-0.15, -0.1) is 0 Å². The molecule has 0 saturated carbocycles. The van der Waals surface area contributed by atoms with E-state index in [0.717, 1.165) is 5.56 Å². The number of nitrogen functional groups attached to an aromatic ring is 1. The molecular weight excluding hydrogens is 405 g/mol. The van der Waals surface area contributed by atoms with E-state index in [2.05, 4.69) is 9.97 Å². The van der Waals surface area contributed by atoms with Gasteiger partial charge in [-0.2, -0.15) is 4.98 Å². The van der Waals surface area contributed by atoms with Crippen molar-refractivity contribution in [1.29, 1.82) is 0 Å². The molecule has 0 aliphatic carbocycles. The summed E-state index contributed by atoms with van der Waals surface area (Å²) >= 11 is 0. The predicted molar refractivity (Wildman–Crippen MR) is 114 cm³/mol. The van der Waals surface area contributed by atoms with Crippen molar-refractivity contribution in [2.24, 2.45) is 0 Å². The lowest BCUT2D eigenvalue weighted by Gasteiger charge is -2.36. The van der Waals surface area contributed by atoms with Gasteiger partial charge in [0.2, 0.25) is 15.8 Å². The second-order valence-corrected chi connectivity index (χ2v) is 9.08. The Morgan fingerprint density at radius 2 is 1.70 bits per heavy atom. The first-order valence-corrected chi connectivity index (χ1v) is 11.0. The van der Waals surface area contributed by atoms with E-state index in [0.29, 0.717) is 37.8 Å². The molecule has 1 aromatic heterocycles. The Morgan fingerprint density at radius 1 is 1.00 bits per heavy atom. The van der Waals surface area contributed by atoms with E-state index in [4.69, 9.17) is 5.73 Å². The van der Waals surface area contributed by atoms with Crippen LogP contribution in [-0.4, -0.2) is 44.6 Å². The predicted octanol–water partition coefficient (Wildman–Crippen LogP) is 2.67. The maximum atomic E-state index is 14.0. The first kappa shape index (κ1) is 20.1. The summed E-state index contributed by atoms with van der Waals surface area (Å²) in [5.74, 6) is 0.0269. The maximum absolute atomic E-state index is 14.0. The molecule has 9 heteroatoms. The maximum Gasteiger partial charge on any atom is 0.227 e. The molecule has 0 spiro atoms. The molecule has 3 aromatic rings. The number of aryl methyl sites for hydroxylation is 1. The smallest absolute Gasteiger partial charge is 0.227 e. The Kier molecular flexibility index (Phi) is 5.29. The van der Waals surface area contributed by atoms with Gasteiger partial charge in [0, 0.05) is 26.2 Å². The summed E-state index contributed by atoms with van der Waals surface area (Å²) in [4.78, 5) is 12.4. The third kappa shape index (κ3) is 3.80. The number of rotatable bonds is 4. The minimum atomic E-state index is -3.81. The zero-order chi connectivity index (χ0) is 21.3. The standard InChI is InChI=1S/C21H22FN5O2S/c1-15-5-4-6-16(13-15)30(28,29)19-14-24-21(25-20(19)23)27-11-9-26(10-12-27)18-8-3-2-7-17(18)22/h2-8,13-14H,9-12H2,1H3,(H2,23,24,25). The highest BCUT2D eigenvalue weighted by molar-refractivity contribution is 7.91. The fourth-order valence-corrected chi connectivity index (χ4v) is 4.86. The Hall–Kier alpha value is -3.20. The number of piperazine rings is 1. The van der Waals surface area contributed by atoms with Gasteiger partial charge < -0.3 is 15.5 Å². The van der Waals surface area contributed by atoms with E-state index < -0.39 is 9.84 Å². The van der Waals surface area contributed by atoms with Crippen molar-refractivity contribution in [3.05, 3.63) is 66.1 Å². The van der Waals surface area contributed by atoms with Crippen molar-refractivity contribution >= 4 is 27.3 Å². The van der Waals surface area contributed by atoms with Gasteiger partial charge in [-0.3, -0.25) is 0 Å². The van der Waals surface area contributed by atoms with Crippen molar-refractivity contribution in [2.75, 3.05) is 41.7 Å². The highest BCUT2D eigenvalue weighted by Crippen LogP contribution is 2.27. The highest BCUT2D eigenvalue weighted by Gasteiger charge is 2.25. The molecule has 1 aliphatic rings. The fourth-order valence-electron chi connectivity index (χ4n) is 3.50. The average molecular weight is 428 g/mol. The molecule has 30 heavy (non-hydrogen) atoms. The number of aromatic nitrogens is 2. The third-order valence-electron chi connectivity index (χ3n) is 5.12. The number of halogens is 1. The second kappa shape index (κ2) is 7.91. The van der Waals surface area contributed by atoms with Crippen molar-refractivity contribution < 1.29 is 12.8 Å². The van der Waals surface area contributed by atoms with E-state index in [9.17, 15) is 12.8 Å². The molecule has 1 aliphatic heterocycles. The normalized spacial score (nSPS) is 14.7. The third-order valence-corrected chi connectivity index (χ3v) is 6.88. The first-order chi connectivity index (χ1) is 14.4. The molecule has 4 rings (SSSR count). The van der Waals surface area contributed by atoms with E-state index >= 15 is 0 Å². The molecule has 7 nitrogen and oxygen atoms in total. The number of sulfone groups is 1. The van der Waals surface area contributed by atoms with E-state index in [1.54, 1.807) is 24.3 Å². The molecule has 0 amide bonds. The van der Waals surface area contributed by atoms with Crippen molar-refractivity contribution in [1.82, 2.24) is 9.97 Å². The summed E-state index contributed by atoms with van der Waals surface area (Å²) < 4.78 is 39.8. The number of nitrogens with zero attached hydrogens (tertiary/aromatic N) is 4. The summed E-state index contributed by atoms with van der Waals surface area (Å²) in [6.45, 7) is 4.14. The SMILES string of the molecule is Cc1cccc(S(=O)(=O)c2cnc(N3CCN(c4ccccc4F)CC3)nc2N)c1. The van der Waals surface area contributed by atoms with Crippen LogP contribution in [0, 0.1) is 12.7 Å². The minimum Gasteiger partial charge on any atom is -0.382 e. The van der Waals surface area contributed by atoms with Crippen LogP contribution in [0.3, 0.4) is 0 Å². The van der Waals surface area contributed by atoms with Gasteiger partial charge in [-0.1, -0.05) is 24.3 Å². The van der Waals surface area contributed by atoms with Crippen molar-refractivity contribution in [3.63, 3.8) is 0 Å². The number of para-hydroxylation sites is 1. The monoisotopic (exact) mass is 427 g/mol. The van der Waals surface area contributed by atoms with Gasteiger partial charge in [-0.05, 0) is 36.8 Å². The molecule has 0 unspecified atom stereocenters. The quantitative estimate of drug-likeness (QED) is 0.684. The number of nitrogens with two attached hydrogens (primary N) is 1. The van der Waals surface area contributed by atoms with Gasteiger partial charge in [0.1, 0.15) is 16.5 Å². The summed E-state index contributed by atoms with van der Waals surface area (Å²) in [5.41, 5.74) is 7.41. The molecule has 0 atom stereocenters. The Bertz CT molecular complexity index is 1180. The van der Waals surface area contributed by atoms with Crippen LogP contribution in [0.4, 0.5) is 21.8 Å². The van der Waals surface area contributed by atoms with Crippen LogP contribution in [0.5, 0.6) is 0 Å². The summed E-state index contributed by atoms with van der Waals surface area (Å²) in [5, 5.41) is 0. The minimum absolute atomic E-state index is 0.0851. The summed E-state index contributed by atoms with van der Waals surface area (Å²) in [7, 11) is -3.81. The number of hydrogen-bond acceptors (Lipinski definition) is 7. The molecule has 1 fully saturated rings. The lowest BCUT2D eigenvalue weighted by molar-refractivity contribution is 0.592. The van der Waals surface area contributed by atoms with Crippen LogP contribution in [-0.2, 0) is 9.84 Å². The van der Waals surface area contributed by atoms with Crippen LogP contribution < -0.4 is 15.5 Å². The molecule has 0 bridgehead atoms. The van der Waals surface area contributed by atoms with Crippen LogP contribution in [0.2, 0.25) is 0 Å². The van der Waals surface area contributed by atoms with Crippen LogP contribution >= 0.6 is 0 Å². The fraction of sp³-hybridized carbons (Fsp3) is 0.238. The first-order valence-electron chi connectivity index (χ1n) is 9.55. The van der Waals surface area contributed by atoms with Crippen molar-refractivity contribution in [2.45, 2.75) is 16.7 Å². The Balaban J connectivity index is 1.52. The van der Waals surface area contributed by atoms with Gasteiger partial charge in [-0.25, -0.2) is 17.8 Å². The molecule has 2 heterocycles. The van der Waals surface area contributed by atoms with Crippen molar-refractivity contribution in [3.8, 4) is 0 Å². The highest BCUT2D eigenvalue weighted by atomic mass is 32.2. The number of anilines is 3. The van der Waals surface area contributed by atoms with Gasteiger partial charge in [0.25, 0.3) is 0 Å². The molecule has 2 N–H and O–H groups in total. The van der Waals surface area contributed by atoms with Crippen LogP contribution in [0.1, 0.15) is 5.56 Å². The van der Waals surface area contributed by atoms with E-state index in [-0.39, 0.29) is 21.4 Å². The van der Waals surface area contributed by atoms with E-state index in [1.165, 1.54) is 18.3 Å². The molecule has 156 valence electrons. The lowest BCUT2D eigenvalue weighted by atomic mass is 10.2. The van der Waals surface area contributed by atoms with Crippen LogP contribution in [0.15, 0.2) is 64.5 Å². The summed E-state index contributed by atoms with van der Waals surface area (Å²) in [6.07, 6.45) is 1.26. The number of hydrogen-bond donors (Lipinski definition) is 1. The largest absolute Gasteiger partial charge is 0.382 e. The topological polar surface area (TPSA) is 92.4 Å². The number of benzene rings is 2. The molecule has 0 radical (unpaired) electrons. The zero-order valence-corrected chi connectivity index (χ0v) is 17.3. The van der Waals surface area contributed by atoms with Gasteiger partial charge >= 0.3 is 0 Å². The molecule has 2 aromatic carbocycles. The molecular formula is C21H22FN5O2S. The Morgan fingerprint density at radius 3 is 2.37 bits per heavy atom.